The summed E-state index contributed by atoms with van der Waals surface area (Å²) in [4.78, 5) is 0. The van der Waals surface area contributed by atoms with Gasteiger partial charge in [0.15, 0.2) is 0 Å². The molecule has 2 aromatic carbocycles. The first-order valence-electron chi connectivity index (χ1n) is 7.01. The van der Waals surface area contributed by atoms with E-state index < -0.39 is 0 Å². The lowest BCUT2D eigenvalue weighted by Gasteiger charge is -2.19. The number of aryl methyl sites for hydroxylation is 1. The first-order valence-corrected chi connectivity index (χ1v) is 7.01. The smallest absolute Gasteiger partial charge is 0.0646 e. The molecular weight excluding hydrogens is 232 g/mol. The van der Waals surface area contributed by atoms with Crippen LogP contribution in [0.25, 0.3) is 0 Å². The van der Waals surface area contributed by atoms with Crippen molar-refractivity contribution in [3.8, 4) is 0 Å². The molecule has 1 nitrogen and oxygen atoms in total. The van der Waals surface area contributed by atoms with Gasteiger partial charge in [-0.1, -0.05) is 68.4 Å². The molecule has 2 aromatic rings. The summed E-state index contributed by atoms with van der Waals surface area (Å²) >= 11 is 0. The zero-order valence-corrected chi connectivity index (χ0v) is 11.7. The number of rotatable bonds is 5. The van der Waals surface area contributed by atoms with Crippen LogP contribution in [-0.2, 0) is 12.8 Å². The Morgan fingerprint density at radius 2 is 1.47 bits per heavy atom. The second kappa shape index (κ2) is 6.53. The number of aliphatic hydroxyl groups excluding tert-OH is 1. The average Bonchev–Trinajstić information content (AvgIpc) is 2.48. The normalized spacial score (nSPS) is 14.1. The van der Waals surface area contributed by atoms with Gasteiger partial charge in [0.05, 0.1) is 6.10 Å². The van der Waals surface area contributed by atoms with Gasteiger partial charge in [0.25, 0.3) is 0 Å². The van der Waals surface area contributed by atoms with Gasteiger partial charge >= 0.3 is 0 Å². The van der Waals surface area contributed by atoms with E-state index in [2.05, 4.69) is 50.2 Å². The average molecular weight is 254 g/mol. The van der Waals surface area contributed by atoms with E-state index in [0.29, 0.717) is 6.42 Å². The van der Waals surface area contributed by atoms with Crippen LogP contribution < -0.4 is 0 Å². The van der Waals surface area contributed by atoms with Crippen LogP contribution in [0, 0.1) is 0 Å². The highest BCUT2D eigenvalue weighted by atomic mass is 16.3. The predicted octanol–water partition coefficient (Wildman–Crippen LogP) is 3.96. The molecule has 2 unspecified atom stereocenters. The van der Waals surface area contributed by atoms with Gasteiger partial charge in [0.1, 0.15) is 0 Å². The molecule has 19 heavy (non-hydrogen) atoms. The summed E-state index contributed by atoms with van der Waals surface area (Å²) in [5.74, 6) is 0.159. The summed E-state index contributed by atoms with van der Waals surface area (Å²) in [6, 6.07) is 18.8. The van der Waals surface area contributed by atoms with Crippen LogP contribution in [0.3, 0.4) is 0 Å². The number of benzene rings is 2. The maximum Gasteiger partial charge on any atom is 0.0646 e. The summed E-state index contributed by atoms with van der Waals surface area (Å²) < 4.78 is 0. The van der Waals surface area contributed by atoms with Crippen molar-refractivity contribution in [1.29, 1.82) is 0 Å². The topological polar surface area (TPSA) is 20.2 Å². The molecule has 0 radical (unpaired) electrons. The van der Waals surface area contributed by atoms with Gasteiger partial charge in [-0.15, -0.1) is 0 Å². The van der Waals surface area contributed by atoms with E-state index in [1.54, 1.807) is 0 Å². The Morgan fingerprint density at radius 3 is 2.05 bits per heavy atom. The summed E-state index contributed by atoms with van der Waals surface area (Å²) in [5.41, 5.74) is 3.74. The fourth-order valence-corrected chi connectivity index (χ4v) is 2.31. The SMILES string of the molecule is CCc1ccc(CC(O)C(C)c2ccccc2)cc1. The van der Waals surface area contributed by atoms with Gasteiger partial charge in [-0.2, -0.15) is 0 Å². The Balaban J connectivity index is 2.01. The molecule has 0 saturated heterocycles. The van der Waals surface area contributed by atoms with E-state index in [4.69, 9.17) is 0 Å². The highest BCUT2D eigenvalue weighted by Gasteiger charge is 2.16. The third-order valence-corrected chi connectivity index (χ3v) is 3.78. The number of aliphatic hydroxyl groups is 1. The van der Waals surface area contributed by atoms with Gasteiger partial charge in [0, 0.05) is 5.92 Å². The molecule has 0 aliphatic rings. The first-order chi connectivity index (χ1) is 9.20. The van der Waals surface area contributed by atoms with E-state index in [0.717, 1.165) is 6.42 Å². The minimum Gasteiger partial charge on any atom is -0.392 e. The molecule has 0 aliphatic carbocycles. The van der Waals surface area contributed by atoms with Gasteiger partial charge in [0.2, 0.25) is 0 Å². The highest BCUT2D eigenvalue weighted by molar-refractivity contribution is 5.25. The lowest BCUT2D eigenvalue weighted by molar-refractivity contribution is 0.149. The van der Waals surface area contributed by atoms with Crippen molar-refractivity contribution in [2.45, 2.75) is 38.7 Å². The molecule has 0 bridgehead atoms. The maximum atomic E-state index is 10.4. The molecule has 100 valence electrons. The molecule has 0 saturated carbocycles. The molecule has 0 amide bonds. The Bertz CT molecular complexity index is 487. The molecule has 0 aliphatic heterocycles. The van der Waals surface area contributed by atoms with Crippen molar-refractivity contribution < 1.29 is 5.11 Å². The fourth-order valence-electron chi connectivity index (χ4n) is 2.31. The summed E-state index contributed by atoms with van der Waals surface area (Å²) in [6.07, 6.45) is 1.43. The standard InChI is InChI=1S/C18H22O/c1-3-15-9-11-16(12-10-15)13-18(19)14(2)17-7-5-4-6-8-17/h4-12,14,18-19H,3,13H2,1-2H3. The minimum atomic E-state index is -0.338. The molecule has 2 rings (SSSR count). The maximum absolute atomic E-state index is 10.4. The monoisotopic (exact) mass is 254 g/mol. The first kappa shape index (κ1) is 13.8. The van der Waals surface area contributed by atoms with Crippen molar-refractivity contribution in [1.82, 2.24) is 0 Å². The third kappa shape index (κ3) is 3.68. The molecule has 2 atom stereocenters. The minimum absolute atomic E-state index is 0.159. The number of hydrogen-bond donors (Lipinski definition) is 1. The van der Waals surface area contributed by atoms with E-state index in [1.165, 1.54) is 16.7 Å². The van der Waals surface area contributed by atoms with E-state index >= 15 is 0 Å². The molecule has 1 heteroatoms. The Kier molecular flexibility index (Phi) is 4.75. The van der Waals surface area contributed by atoms with E-state index in [1.807, 2.05) is 18.2 Å². The van der Waals surface area contributed by atoms with Crippen LogP contribution in [0.4, 0.5) is 0 Å². The van der Waals surface area contributed by atoms with Crippen molar-refractivity contribution in [2.75, 3.05) is 0 Å². The van der Waals surface area contributed by atoms with Crippen LogP contribution in [0.15, 0.2) is 54.6 Å². The molecule has 1 N–H and O–H groups in total. The van der Waals surface area contributed by atoms with E-state index in [9.17, 15) is 5.11 Å². The van der Waals surface area contributed by atoms with Crippen molar-refractivity contribution in [3.05, 3.63) is 71.3 Å². The zero-order chi connectivity index (χ0) is 13.7. The van der Waals surface area contributed by atoms with Crippen molar-refractivity contribution >= 4 is 0 Å². The molecule has 0 spiro atoms. The zero-order valence-electron chi connectivity index (χ0n) is 11.7. The van der Waals surface area contributed by atoms with Gasteiger partial charge in [-0.25, -0.2) is 0 Å². The van der Waals surface area contributed by atoms with Crippen LogP contribution in [0.5, 0.6) is 0 Å². The fraction of sp³-hybridized carbons (Fsp3) is 0.333. The van der Waals surface area contributed by atoms with Crippen LogP contribution in [-0.4, -0.2) is 11.2 Å². The Labute approximate surface area is 115 Å². The van der Waals surface area contributed by atoms with Gasteiger partial charge < -0.3 is 5.11 Å². The molecule has 0 aromatic heterocycles. The summed E-state index contributed by atoms with van der Waals surface area (Å²) in [5, 5.41) is 10.4. The van der Waals surface area contributed by atoms with Crippen molar-refractivity contribution in [3.63, 3.8) is 0 Å². The molecule has 0 fully saturated rings. The predicted molar refractivity (Wildman–Crippen MR) is 80.4 cm³/mol. The number of hydrogen-bond acceptors (Lipinski definition) is 1. The van der Waals surface area contributed by atoms with E-state index in [-0.39, 0.29) is 12.0 Å². The van der Waals surface area contributed by atoms with Crippen LogP contribution in [0.2, 0.25) is 0 Å². The molecular formula is C18H22O. The molecule has 0 heterocycles. The van der Waals surface area contributed by atoms with Crippen LogP contribution >= 0.6 is 0 Å². The highest BCUT2D eigenvalue weighted by Crippen LogP contribution is 2.21. The van der Waals surface area contributed by atoms with Crippen molar-refractivity contribution in [2.24, 2.45) is 0 Å². The van der Waals surface area contributed by atoms with Gasteiger partial charge in [-0.05, 0) is 29.5 Å². The largest absolute Gasteiger partial charge is 0.392 e. The lowest BCUT2D eigenvalue weighted by atomic mass is 9.91. The quantitative estimate of drug-likeness (QED) is 0.856. The Morgan fingerprint density at radius 1 is 0.895 bits per heavy atom. The van der Waals surface area contributed by atoms with Crippen LogP contribution in [0.1, 0.15) is 36.5 Å². The third-order valence-electron chi connectivity index (χ3n) is 3.78. The second-order valence-corrected chi connectivity index (χ2v) is 5.14. The van der Waals surface area contributed by atoms with Gasteiger partial charge in [-0.3, -0.25) is 0 Å². The summed E-state index contributed by atoms with van der Waals surface area (Å²) in [7, 11) is 0. The second-order valence-electron chi connectivity index (χ2n) is 5.14. The summed E-state index contributed by atoms with van der Waals surface area (Å²) in [6.45, 7) is 4.24. The Hall–Kier alpha value is -1.60. The lowest BCUT2D eigenvalue weighted by Crippen LogP contribution is -2.18.